The number of rotatable bonds is 2. The molecule has 0 amide bonds. The van der Waals surface area contributed by atoms with Gasteiger partial charge in [0.2, 0.25) is 0 Å². The first-order chi connectivity index (χ1) is 9.95. The standard InChI is InChI=1S/C19H20FN/c1-19(2,3)15-9-7-14(8-10-15)13-21-12-11-16-17(20)5-4-6-18(16)21/h4-12H,13H2,1-3H3. The second-order valence-corrected chi connectivity index (χ2v) is 6.56. The minimum atomic E-state index is -0.158. The number of fused-ring (bicyclic) bond motifs is 1. The summed E-state index contributed by atoms with van der Waals surface area (Å²) < 4.78 is 15.8. The van der Waals surface area contributed by atoms with E-state index < -0.39 is 0 Å². The Balaban J connectivity index is 1.90. The zero-order valence-electron chi connectivity index (χ0n) is 12.7. The number of aromatic nitrogens is 1. The molecular weight excluding hydrogens is 261 g/mol. The lowest BCUT2D eigenvalue weighted by atomic mass is 9.87. The molecule has 0 saturated carbocycles. The van der Waals surface area contributed by atoms with Crippen molar-refractivity contribution in [2.75, 3.05) is 0 Å². The monoisotopic (exact) mass is 281 g/mol. The van der Waals surface area contributed by atoms with E-state index in [0.29, 0.717) is 5.39 Å². The fourth-order valence-corrected chi connectivity index (χ4v) is 2.63. The molecule has 0 fully saturated rings. The third kappa shape index (κ3) is 2.71. The van der Waals surface area contributed by atoms with Crippen molar-refractivity contribution in [3.05, 3.63) is 71.7 Å². The van der Waals surface area contributed by atoms with Crippen molar-refractivity contribution >= 4 is 10.9 Å². The molecule has 0 radical (unpaired) electrons. The molecule has 108 valence electrons. The van der Waals surface area contributed by atoms with Crippen LogP contribution in [-0.2, 0) is 12.0 Å². The van der Waals surface area contributed by atoms with Gasteiger partial charge in [0.1, 0.15) is 5.82 Å². The van der Waals surface area contributed by atoms with Crippen LogP contribution in [0.25, 0.3) is 10.9 Å². The van der Waals surface area contributed by atoms with Crippen LogP contribution in [0.4, 0.5) is 4.39 Å². The SMILES string of the molecule is CC(C)(C)c1ccc(Cn2ccc3c(F)cccc32)cc1. The molecule has 0 atom stereocenters. The van der Waals surface area contributed by atoms with Crippen molar-refractivity contribution in [1.82, 2.24) is 4.57 Å². The van der Waals surface area contributed by atoms with Gasteiger partial charge < -0.3 is 4.57 Å². The summed E-state index contributed by atoms with van der Waals surface area (Å²) in [6.45, 7) is 7.40. The lowest BCUT2D eigenvalue weighted by Crippen LogP contribution is -2.10. The van der Waals surface area contributed by atoms with Crippen LogP contribution in [0.5, 0.6) is 0 Å². The quantitative estimate of drug-likeness (QED) is 0.614. The van der Waals surface area contributed by atoms with Crippen molar-refractivity contribution in [2.24, 2.45) is 0 Å². The van der Waals surface area contributed by atoms with Crippen LogP contribution in [0.2, 0.25) is 0 Å². The second-order valence-electron chi connectivity index (χ2n) is 6.56. The van der Waals surface area contributed by atoms with E-state index in [1.807, 2.05) is 18.3 Å². The molecule has 21 heavy (non-hydrogen) atoms. The predicted molar refractivity (Wildman–Crippen MR) is 86.1 cm³/mol. The van der Waals surface area contributed by atoms with Gasteiger partial charge in [-0.2, -0.15) is 0 Å². The van der Waals surface area contributed by atoms with Gasteiger partial charge in [0.25, 0.3) is 0 Å². The number of benzene rings is 2. The maximum atomic E-state index is 13.7. The molecule has 1 heterocycles. The molecular formula is C19H20FN. The van der Waals surface area contributed by atoms with E-state index in [1.54, 1.807) is 6.07 Å². The molecule has 3 aromatic rings. The average molecular weight is 281 g/mol. The Morgan fingerprint density at radius 1 is 0.952 bits per heavy atom. The zero-order chi connectivity index (χ0) is 15.0. The van der Waals surface area contributed by atoms with Gasteiger partial charge in [-0.1, -0.05) is 51.1 Å². The smallest absolute Gasteiger partial charge is 0.132 e. The first-order valence-corrected chi connectivity index (χ1v) is 7.28. The maximum Gasteiger partial charge on any atom is 0.132 e. The third-order valence-corrected chi connectivity index (χ3v) is 3.93. The Morgan fingerprint density at radius 3 is 2.33 bits per heavy atom. The highest BCUT2D eigenvalue weighted by atomic mass is 19.1. The highest BCUT2D eigenvalue weighted by molar-refractivity contribution is 5.80. The van der Waals surface area contributed by atoms with E-state index >= 15 is 0 Å². The Bertz CT molecular complexity index is 760. The number of hydrogen-bond donors (Lipinski definition) is 0. The predicted octanol–water partition coefficient (Wildman–Crippen LogP) is 5.13. The Labute approximate surface area is 125 Å². The van der Waals surface area contributed by atoms with E-state index in [2.05, 4.69) is 49.6 Å². The first kappa shape index (κ1) is 13.9. The van der Waals surface area contributed by atoms with Gasteiger partial charge in [0, 0.05) is 18.1 Å². The summed E-state index contributed by atoms with van der Waals surface area (Å²) in [5.41, 5.74) is 3.66. The molecule has 0 aliphatic heterocycles. The van der Waals surface area contributed by atoms with Gasteiger partial charge in [0.05, 0.1) is 5.52 Å². The molecule has 0 saturated heterocycles. The number of nitrogens with zero attached hydrogens (tertiary/aromatic N) is 1. The van der Waals surface area contributed by atoms with Crippen molar-refractivity contribution < 1.29 is 4.39 Å². The highest BCUT2D eigenvalue weighted by Crippen LogP contribution is 2.24. The van der Waals surface area contributed by atoms with Crippen LogP contribution in [-0.4, -0.2) is 4.57 Å². The van der Waals surface area contributed by atoms with Crippen molar-refractivity contribution in [3.63, 3.8) is 0 Å². The van der Waals surface area contributed by atoms with Crippen LogP contribution in [0.15, 0.2) is 54.7 Å². The highest BCUT2D eigenvalue weighted by Gasteiger charge is 2.13. The lowest BCUT2D eigenvalue weighted by molar-refractivity contribution is 0.590. The lowest BCUT2D eigenvalue weighted by Gasteiger charge is -2.19. The molecule has 1 aromatic heterocycles. The molecule has 0 spiro atoms. The largest absolute Gasteiger partial charge is 0.343 e. The number of hydrogen-bond acceptors (Lipinski definition) is 0. The third-order valence-electron chi connectivity index (χ3n) is 3.93. The topological polar surface area (TPSA) is 4.93 Å². The zero-order valence-corrected chi connectivity index (χ0v) is 12.7. The first-order valence-electron chi connectivity index (χ1n) is 7.28. The second kappa shape index (κ2) is 5.03. The summed E-state index contributed by atoms with van der Waals surface area (Å²) in [5.74, 6) is -0.158. The van der Waals surface area contributed by atoms with Gasteiger partial charge in [0.15, 0.2) is 0 Å². The van der Waals surface area contributed by atoms with E-state index in [1.165, 1.54) is 17.2 Å². The molecule has 0 aliphatic rings. The maximum absolute atomic E-state index is 13.7. The van der Waals surface area contributed by atoms with Crippen LogP contribution in [0.3, 0.4) is 0 Å². The summed E-state index contributed by atoms with van der Waals surface area (Å²) in [4.78, 5) is 0. The van der Waals surface area contributed by atoms with Crippen LogP contribution in [0, 0.1) is 5.82 Å². The van der Waals surface area contributed by atoms with E-state index in [0.717, 1.165) is 12.1 Å². The summed E-state index contributed by atoms with van der Waals surface area (Å²) in [6, 6.07) is 15.7. The molecule has 0 N–H and O–H groups in total. The van der Waals surface area contributed by atoms with Gasteiger partial charge in [-0.25, -0.2) is 4.39 Å². The summed E-state index contributed by atoms with van der Waals surface area (Å²) >= 11 is 0. The van der Waals surface area contributed by atoms with Crippen LogP contribution < -0.4 is 0 Å². The van der Waals surface area contributed by atoms with Crippen LogP contribution >= 0.6 is 0 Å². The van der Waals surface area contributed by atoms with Gasteiger partial charge in [-0.3, -0.25) is 0 Å². The fourth-order valence-electron chi connectivity index (χ4n) is 2.63. The van der Waals surface area contributed by atoms with Gasteiger partial charge >= 0.3 is 0 Å². The van der Waals surface area contributed by atoms with Crippen molar-refractivity contribution in [1.29, 1.82) is 0 Å². The summed E-state index contributed by atoms with van der Waals surface area (Å²) in [7, 11) is 0. The normalized spacial score (nSPS) is 12.0. The van der Waals surface area contributed by atoms with Gasteiger partial charge in [-0.15, -0.1) is 0 Å². The summed E-state index contributed by atoms with van der Waals surface area (Å²) in [5, 5.41) is 0.684. The van der Waals surface area contributed by atoms with E-state index in [-0.39, 0.29) is 11.2 Å². The van der Waals surface area contributed by atoms with Crippen LogP contribution in [0.1, 0.15) is 31.9 Å². The minimum absolute atomic E-state index is 0.158. The average Bonchev–Trinajstić information content (AvgIpc) is 2.83. The van der Waals surface area contributed by atoms with E-state index in [9.17, 15) is 4.39 Å². The number of halogens is 1. The minimum Gasteiger partial charge on any atom is -0.343 e. The molecule has 2 heteroatoms. The molecule has 1 nitrogen and oxygen atoms in total. The molecule has 0 aliphatic carbocycles. The molecule has 3 rings (SSSR count). The fraction of sp³-hybridized carbons (Fsp3) is 0.263. The Hall–Kier alpha value is -2.09. The molecule has 0 bridgehead atoms. The van der Waals surface area contributed by atoms with E-state index in [4.69, 9.17) is 0 Å². The molecule has 0 unspecified atom stereocenters. The molecule has 2 aromatic carbocycles. The summed E-state index contributed by atoms with van der Waals surface area (Å²) in [6.07, 6.45) is 1.95. The Morgan fingerprint density at radius 2 is 1.67 bits per heavy atom. The van der Waals surface area contributed by atoms with Crippen molar-refractivity contribution in [2.45, 2.75) is 32.7 Å². The Kier molecular flexibility index (Phi) is 3.32. The van der Waals surface area contributed by atoms with Gasteiger partial charge in [-0.05, 0) is 34.7 Å². The van der Waals surface area contributed by atoms with Crippen molar-refractivity contribution in [3.8, 4) is 0 Å².